The smallest absolute Gasteiger partial charge is 0.322 e. The van der Waals surface area contributed by atoms with Gasteiger partial charge >= 0.3 is 6.03 Å². The molecule has 108 valence electrons. The van der Waals surface area contributed by atoms with Gasteiger partial charge in [-0.25, -0.2) is 9.18 Å². The van der Waals surface area contributed by atoms with Crippen molar-refractivity contribution in [1.29, 1.82) is 5.26 Å². The molecule has 2 aromatic rings. The zero-order chi connectivity index (χ0) is 15.4. The normalized spacial score (nSPS) is 10.0. The van der Waals surface area contributed by atoms with Crippen LogP contribution < -0.4 is 5.32 Å². The molecule has 0 bridgehead atoms. The molecule has 0 fully saturated rings. The molecular formula is C14H11BrFN3O2. The van der Waals surface area contributed by atoms with E-state index >= 15 is 0 Å². The van der Waals surface area contributed by atoms with Crippen LogP contribution in [0.5, 0.6) is 0 Å². The maximum Gasteiger partial charge on any atom is 0.322 e. The fourth-order valence-corrected chi connectivity index (χ4v) is 2.01. The van der Waals surface area contributed by atoms with Gasteiger partial charge in [-0.1, -0.05) is 0 Å². The van der Waals surface area contributed by atoms with Gasteiger partial charge in [-0.2, -0.15) is 5.26 Å². The molecule has 2 amide bonds. The first-order chi connectivity index (χ1) is 9.99. The molecule has 1 aromatic carbocycles. The van der Waals surface area contributed by atoms with Gasteiger partial charge in [-0.3, -0.25) is 0 Å². The van der Waals surface area contributed by atoms with Gasteiger partial charge in [0.25, 0.3) is 0 Å². The predicted octanol–water partition coefficient (Wildman–Crippen LogP) is 3.72. The van der Waals surface area contributed by atoms with Crippen molar-refractivity contribution in [2.24, 2.45) is 0 Å². The molecule has 0 unspecified atom stereocenters. The van der Waals surface area contributed by atoms with E-state index in [-0.39, 0.29) is 17.8 Å². The van der Waals surface area contributed by atoms with E-state index in [1.807, 2.05) is 6.07 Å². The number of urea groups is 1. The number of nitriles is 1. The summed E-state index contributed by atoms with van der Waals surface area (Å²) in [5, 5.41) is 11.5. The second-order valence-corrected chi connectivity index (χ2v) is 5.08. The lowest BCUT2D eigenvalue weighted by Crippen LogP contribution is -2.31. The largest absolute Gasteiger partial charge is 0.452 e. The maximum atomic E-state index is 13.0. The van der Waals surface area contributed by atoms with Gasteiger partial charge in [0, 0.05) is 7.05 Å². The standard InChI is InChI=1S/C14H11BrFN3O2/c1-19(8-11-3-5-13(15)21-11)14(20)18-12-4-2-10(16)6-9(12)7-17/h2-6H,8H2,1H3,(H,18,20). The molecule has 0 aliphatic heterocycles. The third-order valence-electron chi connectivity index (χ3n) is 2.71. The summed E-state index contributed by atoms with van der Waals surface area (Å²) in [4.78, 5) is 13.4. The summed E-state index contributed by atoms with van der Waals surface area (Å²) >= 11 is 3.18. The average Bonchev–Trinajstić information content (AvgIpc) is 2.85. The van der Waals surface area contributed by atoms with Crippen LogP contribution >= 0.6 is 15.9 Å². The first-order valence-corrected chi connectivity index (χ1v) is 6.75. The fourth-order valence-electron chi connectivity index (χ4n) is 1.67. The lowest BCUT2D eigenvalue weighted by atomic mass is 10.2. The highest BCUT2D eigenvalue weighted by atomic mass is 79.9. The van der Waals surface area contributed by atoms with Crippen molar-refractivity contribution in [3.05, 3.63) is 52.1 Å². The predicted molar refractivity (Wildman–Crippen MR) is 78.0 cm³/mol. The molecule has 2 rings (SSSR count). The minimum absolute atomic E-state index is 0.0671. The lowest BCUT2D eigenvalue weighted by molar-refractivity contribution is 0.216. The number of hydrogen-bond donors (Lipinski definition) is 1. The van der Waals surface area contributed by atoms with Gasteiger partial charge in [-0.15, -0.1) is 0 Å². The van der Waals surface area contributed by atoms with Crippen molar-refractivity contribution in [3.8, 4) is 6.07 Å². The highest BCUT2D eigenvalue weighted by molar-refractivity contribution is 9.10. The lowest BCUT2D eigenvalue weighted by Gasteiger charge is -2.17. The number of nitrogens with one attached hydrogen (secondary N) is 1. The number of carbonyl (C=O) groups is 1. The number of benzene rings is 1. The van der Waals surface area contributed by atoms with E-state index in [1.165, 1.54) is 17.0 Å². The third kappa shape index (κ3) is 3.83. The Hall–Kier alpha value is -2.33. The minimum atomic E-state index is -0.529. The van der Waals surface area contributed by atoms with Crippen LogP contribution in [0, 0.1) is 17.1 Å². The summed E-state index contributed by atoms with van der Waals surface area (Å²) < 4.78 is 18.9. The summed E-state index contributed by atoms with van der Waals surface area (Å²) in [6.07, 6.45) is 0. The number of rotatable bonds is 3. The Labute approximate surface area is 129 Å². The van der Waals surface area contributed by atoms with Crippen molar-refractivity contribution >= 4 is 27.6 Å². The average molecular weight is 352 g/mol. The van der Waals surface area contributed by atoms with E-state index in [2.05, 4.69) is 21.2 Å². The summed E-state index contributed by atoms with van der Waals surface area (Å²) in [5.74, 6) is 0.0810. The molecular weight excluding hydrogens is 341 g/mol. The van der Waals surface area contributed by atoms with E-state index in [1.54, 1.807) is 19.2 Å². The van der Waals surface area contributed by atoms with Gasteiger partial charge < -0.3 is 14.6 Å². The van der Waals surface area contributed by atoms with E-state index in [0.717, 1.165) is 6.07 Å². The highest BCUT2D eigenvalue weighted by Crippen LogP contribution is 2.18. The van der Waals surface area contributed by atoms with Gasteiger partial charge in [0.15, 0.2) is 4.67 Å². The fraction of sp³-hybridized carbons (Fsp3) is 0.143. The molecule has 1 N–H and O–H groups in total. The van der Waals surface area contributed by atoms with Gasteiger partial charge in [0.1, 0.15) is 17.6 Å². The summed E-state index contributed by atoms with van der Waals surface area (Å²) in [5.41, 5.74) is 0.328. The van der Waals surface area contributed by atoms with Crippen molar-refractivity contribution in [3.63, 3.8) is 0 Å². The van der Waals surface area contributed by atoms with E-state index in [0.29, 0.717) is 10.4 Å². The summed E-state index contributed by atoms with van der Waals surface area (Å²) in [7, 11) is 1.58. The van der Waals surface area contributed by atoms with Crippen molar-refractivity contribution in [1.82, 2.24) is 4.90 Å². The Bertz CT molecular complexity index is 708. The zero-order valence-corrected chi connectivity index (χ0v) is 12.6. The highest BCUT2D eigenvalue weighted by Gasteiger charge is 2.13. The second-order valence-electron chi connectivity index (χ2n) is 4.29. The van der Waals surface area contributed by atoms with E-state index < -0.39 is 11.8 Å². The molecule has 0 saturated carbocycles. The monoisotopic (exact) mass is 351 g/mol. The number of nitrogens with zero attached hydrogens (tertiary/aromatic N) is 2. The molecule has 0 atom stereocenters. The van der Waals surface area contributed by atoms with Gasteiger partial charge in [0.2, 0.25) is 0 Å². The van der Waals surface area contributed by atoms with Crippen LogP contribution in [-0.2, 0) is 6.54 Å². The second kappa shape index (κ2) is 6.41. The SMILES string of the molecule is CN(Cc1ccc(Br)o1)C(=O)Nc1ccc(F)cc1C#N. The van der Waals surface area contributed by atoms with Crippen LogP contribution in [0.3, 0.4) is 0 Å². The van der Waals surface area contributed by atoms with E-state index in [4.69, 9.17) is 9.68 Å². The number of amides is 2. The molecule has 7 heteroatoms. The molecule has 0 radical (unpaired) electrons. The van der Waals surface area contributed by atoms with Crippen LogP contribution in [0.4, 0.5) is 14.9 Å². The Morgan fingerprint density at radius 2 is 2.24 bits per heavy atom. The first kappa shape index (κ1) is 15.1. The molecule has 1 heterocycles. The minimum Gasteiger partial charge on any atom is -0.452 e. The number of anilines is 1. The Balaban J connectivity index is 2.06. The zero-order valence-electron chi connectivity index (χ0n) is 11.1. The number of halogens is 2. The molecule has 0 saturated heterocycles. The number of hydrogen-bond acceptors (Lipinski definition) is 3. The maximum absolute atomic E-state index is 13.0. The molecule has 0 aliphatic rings. The molecule has 21 heavy (non-hydrogen) atoms. The summed E-state index contributed by atoms with van der Waals surface area (Å²) in [6.45, 7) is 0.264. The van der Waals surface area contributed by atoms with Crippen LogP contribution in [0.1, 0.15) is 11.3 Å². The van der Waals surface area contributed by atoms with Crippen LogP contribution in [0.2, 0.25) is 0 Å². The van der Waals surface area contributed by atoms with Crippen LogP contribution in [0.15, 0.2) is 39.4 Å². The van der Waals surface area contributed by atoms with Crippen LogP contribution in [0.25, 0.3) is 0 Å². The van der Waals surface area contributed by atoms with E-state index in [9.17, 15) is 9.18 Å². The molecule has 0 spiro atoms. The first-order valence-electron chi connectivity index (χ1n) is 5.95. The van der Waals surface area contributed by atoms with Crippen molar-refractivity contribution < 1.29 is 13.6 Å². The Morgan fingerprint density at radius 1 is 1.48 bits per heavy atom. The third-order valence-corrected chi connectivity index (χ3v) is 3.14. The quantitative estimate of drug-likeness (QED) is 0.915. The molecule has 5 nitrogen and oxygen atoms in total. The number of carbonyl (C=O) groups excluding carboxylic acids is 1. The Kier molecular flexibility index (Phi) is 4.60. The van der Waals surface area contributed by atoms with Gasteiger partial charge in [0.05, 0.1) is 17.8 Å². The van der Waals surface area contributed by atoms with Crippen molar-refractivity contribution in [2.45, 2.75) is 6.54 Å². The molecule has 0 aliphatic carbocycles. The van der Waals surface area contributed by atoms with Crippen LogP contribution in [-0.4, -0.2) is 18.0 Å². The topological polar surface area (TPSA) is 69.3 Å². The number of furan rings is 1. The van der Waals surface area contributed by atoms with Crippen molar-refractivity contribution in [2.75, 3.05) is 12.4 Å². The van der Waals surface area contributed by atoms with Gasteiger partial charge in [-0.05, 0) is 46.3 Å². The molecule has 1 aromatic heterocycles. The Morgan fingerprint density at radius 3 is 2.86 bits per heavy atom. The summed E-state index contributed by atoms with van der Waals surface area (Å²) in [6, 6.07) is 8.48.